The molecule has 0 N–H and O–H groups in total. The second-order valence-electron chi connectivity index (χ2n) is 5.96. The number of furan rings is 1. The Balaban J connectivity index is 1.99. The van der Waals surface area contributed by atoms with Crippen LogP contribution in [0.1, 0.15) is 27.2 Å². The van der Waals surface area contributed by atoms with Gasteiger partial charge in [-0.25, -0.2) is 4.79 Å². The molecular weight excluding hydrogens is 340 g/mol. The number of benzene rings is 2. The van der Waals surface area contributed by atoms with Gasteiger partial charge in [-0.05, 0) is 55.8 Å². The highest BCUT2D eigenvalue weighted by Gasteiger charge is 2.22. The summed E-state index contributed by atoms with van der Waals surface area (Å²) in [6.45, 7) is 3.64. The summed E-state index contributed by atoms with van der Waals surface area (Å²) in [5.41, 5.74) is 2.47. The molecular formula is C20H13ClO4. The third-order valence-corrected chi connectivity index (χ3v) is 4.57. The van der Waals surface area contributed by atoms with E-state index in [1.807, 2.05) is 13.0 Å². The van der Waals surface area contributed by atoms with Crippen molar-refractivity contribution in [2.24, 2.45) is 0 Å². The normalized spacial score (nSPS) is 11.3. The van der Waals surface area contributed by atoms with Gasteiger partial charge in [0.1, 0.15) is 11.2 Å². The van der Waals surface area contributed by atoms with Gasteiger partial charge >= 0.3 is 5.63 Å². The molecule has 0 saturated heterocycles. The Morgan fingerprint density at radius 3 is 2.44 bits per heavy atom. The minimum Gasteiger partial charge on any atom is -0.452 e. The Bertz CT molecular complexity index is 1200. The summed E-state index contributed by atoms with van der Waals surface area (Å²) in [5, 5.41) is 2.03. The fraction of sp³-hybridized carbons (Fsp3) is 0.100. The molecule has 0 bridgehead atoms. The van der Waals surface area contributed by atoms with Gasteiger partial charge in [0, 0.05) is 27.6 Å². The first-order valence-corrected chi connectivity index (χ1v) is 8.10. The quantitative estimate of drug-likeness (QED) is 0.374. The lowest BCUT2D eigenvalue weighted by Gasteiger charge is -2.01. The molecule has 0 fully saturated rings. The number of aryl methyl sites for hydroxylation is 2. The van der Waals surface area contributed by atoms with E-state index in [0.29, 0.717) is 32.7 Å². The Morgan fingerprint density at radius 1 is 1.00 bits per heavy atom. The van der Waals surface area contributed by atoms with Gasteiger partial charge in [0.15, 0.2) is 5.76 Å². The van der Waals surface area contributed by atoms with Crippen LogP contribution in [0.2, 0.25) is 5.02 Å². The average Bonchev–Trinajstić information content (AvgIpc) is 2.92. The van der Waals surface area contributed by atoms with Gasteiger partial charge in [0.05, 0.1) is 5.39 Å². The molecule has 4 rings (SSSR count). The van der Waals surface area contributed by atoms with Crippen LogP contribution in [-0.2, 0) is 0 Å². The standard InChI is InChI=1S/C20H13ClO4/c1-10-9-16(22)25-20-14(10)7-8-15-17(20)11(2)19(24-15)18(23)12-3-5-13(21)6-4-12/h3-9H,1-2H3. The first-order chi connectivity index (χ1) is 12.0. The van der Waals surface area contributed by atoms with E-state index in [-0.39, 0.29) is 11.5 Å². The van der Waals surface area contributed by atoms with E-state index in [1.165, 1.54) is 6.07 Å². The van der Waals surface area contributed by atoms with Gasteiger partial charge < -0.3 is 8.83 Å². The predicted molar refractivity (Wildman–Crippen MR) is 96.6 cm³/mol. The van der Waals surface area contributed by atoms with Crippen molar-refractivity contribution in [3.8, 4) is 0 Å². The van der Waals surface area contributed by atoms with Crippen molar-refractivity contribution in [2.75, 3.05) is 0 Å². The lowest BCUT2D eigenvalue weighted by molar-refractivity contribution is 0.101. The number of fused-ring (bicyclic) bond motifs is 3. The largest absolute Gasteiger partial charge is 0.452 e. The molecule has 0 aliphatic rings. The van der Waals surface area contributed by atoms with Crippen molar-refractivity contribution in [3.05, 3.63) is 80.4 Å². The second-order valence-corrected chi connectivity index (χ2v) is 6.39. The van der Waals surface area contributed by atoms with Crippen molar-refractivity contribution in [3.63, 3.8) is 0 Å². The van der Waals surface area contributed by atoms with E-state index < -0.39 is 5.63 Å². The van der Waals surface area contributed by atoms with E-state index in [0.717, 1.165) is 10.9 Å². The van der Waals surface area contributed by atoms with Crippen LogP contribution in [0.4, 0.5) is 0 Å². The monoisotopic (exact) mass is 352 g/mol. The highest BCUT2D eigenvalue weighted by atomic mass is 35.5. The van der Waals surface area contributed by atoms with Crippen LogP contribution in [0.5, 0.6) is 0 Å². The lowest BCUT2D eigenvalue weighted by atomic mass is 10.0. The molecule has 0 spiro atoms. The number of hydrogen-bond donors (Lipinski definition) is 0. The zero-order chi connectivity index (χ0) is 17.7. The van der Waals surface area contributed by atoms with Gasteiger partial charge in [-0.1, -0.05) is 11.6 Å². The lowest BCUT2D eigenvalue weighted by Crippen LogP contribution is -2.01. The second kappa shape index (κ2) is 5.60. The molecule has 2 aromatic carbocycles. The van der Waals surface area contributed by atoms with Gasteiger partial charge in [-0.2, -0.15) is 0 Å². The summed E-state index contributed by atoms with van der Waals surface area (Å²) >= 11 is 5.88. The van der Waals surface area contributed by atoms with Crippen molar-refractivity contribution >= 4 is 39.3 Å². The first kappa shape index (κ1) is 15.7. The third-order valence-electron chi connectivity index (χ3n) is 4.32. The smallest absolute Gasteiger partial charge is 0.336 e. The number of halogens is 1. The molecule has 0 aliphatic heterocycles. The summed E-state index contributed by atoms with van der Waals surface area (Å²) in [5.74, 6) is -0.0116. The van der Waals surface area contributed by atoms with E-state index in [1.54, 1.807) is 37.3 Å². The molecule has 0 saturated carbocycles. The molecule has 4 nitrogen and oxygen atoms in total. The minimum absolute atomic E-state index is 0.231. The maximum absolute atomic E-state index is 12.8. The Labute approximate surface area is 147 Å². The van der Waals surface area contributed by atoms with Crippen molar-refractivity contribution < 1.29 is 13.6 Å². The Kier molecular flexibility index (Phi) is 3.51. The highest BCUT2D eigenvalue weighted by molar-refractivity contribution is 6.30. The van der Waals surface area contributed by atoms with Crippen LogP contribution < -0.4 is 5.63 Å². The minimum atomic E-state index is -0.427. The maximum Gasteiger partial charge on any atom is 0.336 e. The molecule has 0 radical (unpaired) electrons. The van der Waals surface area contributed by atoms with Gasteiger partial charge in [0.2, 0.25) is 5.78 Å². The summed E-state index contributed by atoms with van der Waals surface area (Å²) in [6, 6.07) is 11.7. The van der Waals surface area contributed by atoms with Crippen molar-refractivity contribution in [1.82, 2.24) is 0 Å². The fourth-order valence-corrected chi connectivity index (χ4v) is 3.18. The molecule has 4 aromatic rings. The van der Waals surface area contributed by atoms with Crippen LogP contribution >= 0.6 is 11.6 Å². The van der Waals surface area contributed by atoms with Crippen molar-refractivity contribution in [2.45, 2.75) is 13.8 Å². The molecule has 0 atom stereocenters. The topological polar surface area (TPSA) is 60.4 Å². The molecule has 0 unspecified atom stereocenters. The number of rotatable bonds is 2. The Morgan fingerprint density at radius 2 is 1.72 bits per heavy atom. The summed E-state index contributed by atoms with van der Waals surface area (Å²) in [7, 11) is 0. The van der Waals surface area contributed by atoms with E-state index >= 15 is 0 Å². The summed E-state index contributed by atoms with van der Waals surface area (Å²) in [4.78, 5) is 24.6. The maximum atomic E-state index is 12.8. The van der Waals surface area contributed by atoms with E-state index in [4.69, 9.17) is 20.4 Å². The average molecular weight is 353 g/mol. The van der Waals surface area contributed by atoms with E-state index in [2.05, 4.69) is 0 Å². The summed E-state index contributed by atoms with van der Waals surface area (Å²) in [6.07, 6.45) is 0. The number of ketones is 1. The fourth-order valence-electron chi connectivity index (χ4n) is 3.05. The van der Waals surface area contributed by atoms with Crippen molar-refractivity contribution in [1.29, 1.82) is 0 Å². The number of carbonyl (C=O) groups is 1. The zero-order valence-electron chi connectivity index (χ0n) is 13.6. The van der Waals surface area contributed by atoms with Crippen LogP contribution in [0, 0.1) is 13.8 Å². The highest BCUT2D eigenvalue weighted by Crippen LogP contribution is 2.33. The molecule has 2 aromatic heterocycles. The summed E-state index contributed by atoms with van der Waals surface area (Å²) < 4.78 is 11.2. The zero-order valence-corrected chi connectivity index (χ0v) is 14.3. The molecule has 124 valence electrons. The molecule has 0 amide bonds. The van der Waals surface area contributed by atoms with Gasteiger partial charge in [-0.15, -0.1) is 0 Å². The number of hydrogen-bond acceptors (Lipinski definition) is 4. The van der Waals surface area contributed by atoms with Gasteiger partial charge in [0.25, 0.3) is 0 Å². The van der Waals surface area contributed by atoms with Crippen LogP contribution in [0.3, 0.4) is 0 Å². The molecule has 0 aliphatic carbocycles. The molecule has 2 heterocycles. The molecule has 25 heavy (non-hydrogen) atoms. The van der Waals surface area contributed by atoms with Crippen LogP contribution in [0.25, 0.3) is 21.9 Å². The van der Waals surface area contributed by atoms with Crippen LogP contribution in [-0.4, -0.2) is 5.78 Å². The van der Waals surface area contributed by atoms with Gasteiger partial charge in [-0.3, -0.25) is 4.79 Å². The Hall–Kier alpha value is -2.85. The molecule has 5 heteroatoms. The first-order valence-electron chi connectivity index (χ1n) is 7.72. The predicted octanol–water partition coefficient (Wildman–Crippen LogP) is 5.04. The SMILES string of the molecule is Cc1cc(=O)oc2c1ccc1oc(C(=O)c3ccc(Cl)cc3)c(C)c12. The number of carbonyl (C=O) groups excluding carboxylic acids is 1. The van der Waals surface area contributed by atoms with Crippen LogP contribution in [0.15, 0.2) is 56.1 Å². The third kappa shape index (κ3) is 2.46. The van der Waals surface area contributed by atoms with E-state index in [9.17, 15) is 9.59 Å².